The average molecular weight is 1670 g/mol. The number of aldehydes is 1. The van der Waals surface area contributed by atoms with E-state index < -0.39 is 5.97 Å². The molecule has 23 nitrogen and oxygen atoms in total. The zero-order valence-corrected chi connectivity index (χ0v) is 73.7. The van der Waals surface area contributed by atoms with Crippen LogP contribution < -0.4 is 35.1 Å². The molecule has 0 amide bonds. The van der Waals surface area contributed by atoms with Crippen molar-refractivity contribution < 1.29 is 50.8 Å². The van der Waals surface area contributed by atoms with Crippen LogP contribution in [-0.4, -0.2) is 285 Å². The van der Waals surface area contributed by atoms with E-state index in [-0.39, 0.29) is 67.2 Å². The number of likely N-dealkylation sites (N-methyl/N-ethyl adjacent to an activating group) is 4. The standard InChI is InChI=1S/C35H49N5O2.C31H41N5O2.C19H29N3O3.C8H11N.CH4.ClH.FH.2H2O.H2/c1-8-42-34(41)26-40-19-17-38(6)24-27-21-28(25-39(7)18-20-40)23-31(22-27)35(29-9-13-32(14-10-29)36(2)3)30-11-15-33(16-12-30)37(4)5;1-34(2)28-9-5-25(6-10-28)31(26-7-11-29(12-8-26)35(3)4)27-18-23-17-24(19-27)21-33-14-16-36(22-30(37)38)15-13-32-20-23;1-4-25-19(24)14-22-7-5-20(2)12-16-9-17(11-18(10-16)15-23)13-21(3)6-8-22;1-9(2)8-6-4-3-5-7-8;;;;;;/h9-16,21-23,35H,8,17-20,24-26H2,1-7H3;5-12,17-19,31-33H,13-16,20-22H2,1-4H3,(H,37,38);9-11,15H,4-8,12-14H2,1-3H3;3-7H,1-2H3;1H4;2*1H;2*1H2;1H/i;;;;;;;;;1+2. The lowest BCUT2D eigenvalue weighted by Crippen LogP contribution is -2.41. The largest absolute Gasteiger partial charge is 0.480 e. The van der Waals surface area contributed by atoms with E-state index in [0.29, 0.717) is 39.4 Å². The molecule has 11 rings (SSSR count). The fourth-order valence-electron chi connectivity index (χ4n) is 14.6. The number of esters is 2. The Balaban J connectivity index is 0.000000577. The van der Waals surface area contributed by atoms with Crippen molar-refractivity contribution in [3.05, 3.63) is 254 Å². The second-order valence-electron chi connectivity index (χ2n) is 31.5. The minimum Gasteiger partial charge on any atom is -0.480 e. The maximum Gasteiger partial charge on any atom is 0.320 e. The number of hydrogen-bond donors (Lipinski definition) is 3. The molecule has 6 bridgehead atoms. The summed E-state index contributed by atoms with van der Waals surface area (Å²) in [5.41, 5.74) is 21.9. The third-order valence-corrected chi connectivity index (χ3v) is 20.8. The van der Waals surface area contributed by atoms with E-state index in [1.165, 1.54) is 84.1 Å². The van der Waals surface area contributed by atoms with Gasteiger partial charge >= 0.3 is 17.9 Å². The van der Waals surface area contributed by atoms with Crippen molar-refractivity contribution in [3.63, 3.8) is 0 Å². The molecule has 7 N–H and O–H groups in total. The molecule has 8 aromatic rings. The third kappa shape index (κ3) is 34.7. The summed E-state index contributed by atoms with van der Waals surface area (Å²) < 4.78 is 10.3. The van der Waals surface area contributed by atoms with Crippen molar-refractivity contribution in [2.75, 3.05) is 235 Å². The average Bonchev–Trinajstić information content (AvgIpc) is 0.796. The molecule has 3 aliphatic rings. The lowest BCUT2D eigenvalue weighted by Gasteiger charge is -2.29. The zero-order chi connectivity index (χ0) is 82.2. The van der Waals surface area contributed by atoms with E-state index in [1.807, 2.05) is 63.2 Å². The van der Waals surface area contributed by atoms with E-state index in [0.717, 1.165) is 128 Å². The molecule has 25 heteroatoms. The van der Waals surface area contributed by atoms with Crippen LogP contribution in [0.3, 0.4) is 0 Å². The third-order valence-electron chi connectivity index (χ3n) is 20.8. The predicted molar refractivity (Wildman–Crippen MR) is 495 cm³/mol. The number of carboxylic acids is 1. The van der Waals surface area contributed by atoms with Gasteiger partial charge in [-0.1, -0.05) is 117 Å². The van der Waals surface area contributed by atoms with Crippen LogP contribution in [0.25, 0.3) is 0 Å². The summed E-state index contributed by atoms with van der Waals surface area (Å²) in [6.07, 6.45) is 0.917. The second-order valence-corrected chi connectivity index (χ2v) is 31.5. The normalized spacial score (nSPS) is 14.8. The van der Waals surface area contributed by atoms with Crippen molar-refractivity contribution in [1.29, 1.82) is 0 Å². The molecule has 656 valence electrons. The van der Waals surface area contributed by atoms with Gasteiger partial charge in [0.15, 0.2) is 0 Å². The highest BCUT2D eigenvalue weighted by Gasteiger charge is 2.25. The maximum absolute atomic E-state index is 12.2. The SMILES string of the molecule is C.CCOC(=O)CN1CCN(C)Cc2cc(C=O)cc(c2)CN(C)CC1.CCOC(=O)CN1CCN(C)Cc2cc(cc(C(c3ccc(N(C)C)cc3)c3ccc(N(C)C)cc3)c2)CN(C)CC1.CN(C)c1ccc(C(c2ccc(N(C)C)cc2)c2cc3cc(c2)CNCCN(CC(=O)O)CCNC3)cc1.CN(C)c1ccccc1.Cl.F.O.O.[3HH]. The summed E-state index contributed by atoms with van der Waals surface area (Å²) in [5.74, 6) is -0.858. The summed E-state index contributed by atoms with van der Waals surface area (Å²) in [6, 6.07) is 66.2. The number of carbonyl (C=O) groups excluding carboxylic acids is 3. The Morgan fingerprint density at radius 3 is 0.933 bits per heavy atom. The first kappa shape index (κ1) is 104. The summed E-state index contributed by atoms with van der Waals surface area (Å²) in [7, 11) is 29.1. The summed E-state index contributed by atoms with van der Waals surface area (Å²) in [6.45, 7) is 19.7. The lowest BCUT2D eigenvalue weighted by atomic mass is 9.83. The van der Waals surface area contributed by atoms with E-state index >= 15 is 0 Å². The Labute approximate surface area is 718 Å². The number of benzene rings is 8. The quantitative estimate of drug-likeness (QED) is 0.0366. The fraction of sp³-hybridized carbons (Fsp3) is 0.447. The van der Waals surface area contributed by atoms with Gasteiger partial charge in [0.2, 0.25) is 0 Å². The molecule has 0 aliphatic carbocycles. The smallest absolute Gasteiger partial charge is 0.320 e. The van der Waals surface area contributed by atoms with Crippen molar-refractivity contribution in [3.8, 4) is 0 Å². The van der Waals surface area contributed by atoms with Gasteiger partial charge in [0, 0.05) is 236 Å². The van der Waals surface area contributed by atoms with Gasteiger partial charge in [0.1, 0.15) is 6.29 Å². The molecule has 0 saturated heterocycles. The molecule has 119 heavy (non-hydrogen) atoms. The molecule has 8 aromatic carbocycles. The van der Waals surface area contributed by atoms with Gasteiger partial charge in [-0.2, -0.15) is 0 Å². The molecule has 0 aromatic heterocycles. The molecule has 0 radical (unpaired) electrons. The number of fused-ring (bicyclic) bond motifs is 6. The maximum atomic E-state index is 12.2. The van der Waals surface area contributed by atoms with Crippen molar-refractivity contribution in [1.82, 2.24) is 44.9 Å². The number of halogens is 2. The van der Waals surface area contributed by atoms with Crippen molar-refractivity contribution in [2.45, 2.75) is 72.4 Å². The molecular weight excluding hydrogens is 1520 g/mol. The fourth-order valence-corrected chi connectivity index (χ4v) is 14.6. The highest BCUT2D eigenvalue weighted by molar-refractivity contribution is 5.85. The number of para-hydroxylation sites is 1. The minimum atomic E-state index is -0.782. The number of aliphatic carboxylic acids is 1. The van der Waals surface area contributed by atoms with Crippen LogP contribution in [0.1, 0.15) is 112 Å². The van der Waals surface area contributed by atoms with Gasteiger partial charge in [-0.25, -0.2) is 0 Å². The Kier molecular flexibility index (Phi) is 46.5. The number of ether oxygens (including phenoxy) is 2. The van der Waals surface area contributed by atoms with E-state index in [1.54, 1.807) is 0 Å². The second kappa shape index (κ2) is 53.3. The molecular formula is C94H142ClFN14O9. The van der Waals surface area contributed by atoms with E-state index in [4.69, 9.17) is 9.47 Å². The highest BCUT2D eigenvalue weighted by atomic mass is 35.5. The van der Waals surface area contributed by atoms with Gasteiger partial charge in [0.25, 0.3) is 0 Å². The van der Waals surface area contributed by atoms with Gasteiger partial charge in [-0.3, -0.25) is 38.6 Å². The number of nitrogens with zero attached hydrogens (tertiary/aromatic N) is 12. The molecule has 0 atom stereocenters. The molecule has 0 unspecified atom stereocenters. The number of carboxylic acid groups (broad SMARTS) is 1. The lowest BCUT2D eigenvalue weighted by molar-refractivity contribution is -0.145. The first-order valence-electron chi connectivity index (χ1n) is 40.2. The highest BCUT2D eigenvalue weighted by Crippen LogP contribution is 2.38. The first-order chi connectivity index (χ1) is 54.7. The Morgan fingerprint density at radius 1 is 0.395 bits per heavy atom. The van der Waals surface area contributed by atoms with Gasteiger partial charge < -0.3 is 80.3 Å². The van der Waals surface area contributed by atoms with Crippen LogP contribution >= 0.6 is 12.4 Å². The van der Waals surface area contributed by atoms with Crippen LogP contribution in [0, 0.1) is 0 Å². The molecule has 0 saturated carbocycles. The minimum absolute atomic E-state index is 0. The number of rotatable bonds is 20. The van der Waals surface area contributed by atoms with Crippen LogP contribution in [-0.2, 0) is 63.1 Å². The number of carbonyl (C=O) groups is 4. The Morgan fingerprint density at radius 2 is 0.664 bits per heavy atom. The zero-order valence-electron chi connectivity index (χ0n) is 72.9. The van der Waals surface area contributed by atoms with Crippen molar-refractivity contribution >= 4 is 65.0 Å². The van der Waals surface area contributed by atoms with Crippen LogP contribution in [0.15, 0.2) is 182 Å². The van der Waals surface area contributed by atoms with Crippen LogP contribution in [0.2, 0.25) is 0 Å². The van der Waals surface area contributed by atoms with Crippen molar-refractivity contribution in [2.24, 2.45) is 0 Å². The number of hydrogen-bond acceptors (Lipinski definition) is 20. The Hall–Kier alpha value is -9.38. The van der Waals surface area contributed by atoms with E-state index in [9.17, 15) is 24.3 Å². The predicted octanol–water partition coefficient (Wildman–Crippen LogP) is 11.1. The molecule has 3 heterocycles. The summed E-state index contributed by atoms with van der Waals surface area (Å²) in [4.78, 5) is 72.6. The van der Waals surface area contributed by atoms with Crippen LogP contribution in [0.5, 0.6) is 0 Å². The van der Waals surface area contributed by atoms with Gasteiger partial charge in [0.05, 0.1) is 32.8 Å². The van der Waals surface area contributed by atoms with Crippen LogP contribution in [0.4, 0.5) is 33.1 Å². The topological polar surface area (TPSA) is 233 Å². The Bertz CT molecular complexity index is 4050. The summed E-state index contributed by atoms with van der Waals surface area (Å²) in [5, 5.41) is 16.3. The first-order valence-corrected chi connectivity index (χ1v) is 40.2. The van der Waals surface area contributed by atoms with Gasteiger partial charge in [-0.05, 0) is 182 Å². The van der Waals surface area contributed by atoms with E-state index in [2.05, 4.69) is 301 Å². The molecule has 3 aliphatic heterocycles. The number of nitrogens with one attached hydrogen (secondary N) is 2. The number of anilines is 5. The summed E-state index contributed by atoms with van der Waals surface area (Å²) >= 11 is 0. The molecule has 0 fully saturated rings. The molecule has 0 spiro atoms. The monoisotopic (exact) mass is 1670 g/mol. The van der Waals surface area contributed by atoms with Gasteiger partial charge in [-0.15, -0.1) is 12.4 Å².